The average molecular weight is 292 g/mol. The van der Waals surface area contributed by atoms with Crippen LogP contribution in [-0.4, -0.2) is 21.7 Å². The first-order valence-electron chi connectivity index (χ1n) is 7.62. The van der Waals surface area contributed by atoms with Crippen molar-refractivity contribution in [1.29, 1.82) is 0 Å². The minimum Gasteiger partial charge on any atom is -0.313 e. The van der Waals surface area contributed by atoms with Gasteiger partial charge in [0.05, 0.1) is 11.9 Å². The Balaban J connectivity index is 1.89. The number of H-pyrrole nitrogens is 1. The molecule has 2 heterocycles. The maximum atomic E-state index is 4.22. The van der Waals surface area contributed by atoms with E-state index in [2.05, 4.69) is 51.7 Å². The zero-order chi connectivity index (χ0) is 15.2. The van der Waals surface area contributed by atoms with Crippen LogP contribution in [0.3, 0.4) is 0 Å². The second-order valence-electron chi connectivity index (χ2n) is 5.27. The van der Waals surface area contributed by atoms with Gasteiger partial charge in [-0.2, -0.15) is 5.10 Å². The number of rotatable bonds is 6. The number of nitrogens with zero attached hydrogens (tertiary/aromatic N) is 2. The van der Waals surface area contributed by atoms with Gasteiger partial charge in [0.15, 0.2) is 0 Å². The summed E-state index contributed by atoms with van der Waals surface area (Å²) in [5.74, 6) is 0. The number of benzene rings is 1. The van der Waals surface area contributed by atoms with E-state index in [-0.39, 0.29) is 0 Å². The molecule has 1 aromatic carbocycles. The molecule has 0 radical (unpaired) electrons. The van der Waals surface area contributed by atoms with Crippen LogP contribution in [0, 0.1) is 0 Å². The quantitative estimate of drug-likeness (QED) is 0.682. The highest BCUT2D eigenvalue weighted by molar-refractivity contribution is 5.80. The van der Waals surface area contributed by atoms with E-state index in [1.807, 2.05) is 18.3 Å². The van der Waals surface area contributed by atoms with E-state index in [1.165, 1.54) is 5.56 Å². The highest BCUT2D eigenvalue weighted by atomic mass is 15.1. The summed E-state index contributed by atoms with van der Waals surface area (Å²) in [7, 11) is 0. The second-order valence-corrected chi connectivity index (χ2v) is 5.27. The van der Waals surface area contributed by atoms with Crippen LogP contribution in [0.15, 0.2) is 55.0 Å². The fraction of sp³-hybridized carbons (Fsp3) is 0.222. The van der Waals surface area contributed by atoms with E-state index in [0.29, 0.717) is 0 Å². The number of hydrogen-bond donors (Lipinski definition) is 2. The van der Waals surface area contributed by atoms with E-state index in [4.69, 9.17) is 0 Å². The summed E-state index contributed by atoms with van der Waals surface area (Å²) < 4.78 is 0. The van der Waals surface area contributed by atoms with Crippen LogP contribution in [0.4, 0.5) is 0 Å². The summed E-state index contributed by atoms with van der Waals surface area (Å²) >= 11 is 0. The van der Waals surface area contributed by atoms with Gasteiger partial charge in [-0.3, -0.25) is 10.1 Å². The monoisotopic (exact) mass is 292 g/mol. The predicted molar refractivity (Wildman–Crippen MR) is 89.3 cm³/mol. The van der Waals surface area contributed by atoms with Crippen LogP contribution in [0.25, 0.3) is 22.4 Å². The molecule has 0 saturated heterocycles. The lowest BCUT2D eigenvalue weighted by Crippen LogP contribution is -2.13. The van der Waals surface area contributed by atoms with Gasteiger partial charge < -0.3 is 5.32 Å². The molecule has 0 amide bonds. The van der Waals surface area contributed by atoms with Crippen LogP contribution in [0.5, 0.6) is 0 Å². The van der Waals surface area contributed by atoms with Gasteiger partial charge >= 0.3 is 0 Å². The molecule has 0 aliphatic carbocycles. The molecule has 0 aliphatic rings. The molecule has 0 bridgehead atoms. The number of aromatic amines is 1. The van der Waals surface area contributed by atoms with Crippen molar-refractivity contribution < 1.29 is 0 Å². The SMILES string of the molecule is CCCNCc1cccc(-c2[nH]ncc2-c2ccncc2)c1. The van der Waals surface area contributed by atoms with Crippen LogP contribution in [-0.2, 0) is 6.54 Å². The van der Waals surface area contributed by atoms with Crippen molar-refractivity contribution in [3.63, 3.8) is 0 Å². The van der Waals surface area contributed by atoms with E-state index in [1.54, 1.807) is 12.4 Å². The predicted octanol–water partition coefficient (Wildman–Crippen LogP) is 3.64. The first-order valence-corrected chi connectivity index (χ1v) is 7.62. The molecule has 22 heavy (non-hydrogen) atoms. The first-order chi connectivity index (χ1) is 10.9. The Labute approximate surface area is 130 Å². The summed E-state index contributed by atoms with van der Waals surface area (Å²) in [6, 6.07) is 12.6. The summed E-state index contributed by atoms with van der Waals surface area (Å²) in [6.45, 7) is 4.10. The molecule has 0 unspecified atom stereocenters. The van der Waals surface area contributed by atoms with E-state index in [0.717, 1.165) is 41.9 Å². The van der Waals surface area contributed by atoms with Gasteiger partial charge in [0.1, 0.15) is 0 Å². The van der Waals surface area contributed by atoms with Crippen LogP contribution < -0.4 is 5.32 Å². The van der Waals surface area contributed by atoms with Gasteiger partial charge in [-0.25, -0.2) is 0 Å². The van der Waals surface area contributed by atoms with Gasteiger partial charge in [0.25, 0.3) is 0 Å². The highest BCUT2D eigenvalue weighted by Gasteiger charge is 2.10. The van der Waals surface area contributed by atoms with E-state index < -0.39 is 0 Å². The summed E-state index contributed by atoms with van der Waals surface area (Å²) in [5.41, 5.74) is 5.69. The Morgan fingerprint density at radius 2 is 1.95 bits per heavy atom. The Bertz CT molecular complexity index is 719. The average Bonchev–Trinajstić information content (AvgIpc) is 3.06. The lowest BCUT2D eigenvalue weighted by Gasteiger charge is -2.07. The highest BCUT2D eigenvalue weighted by Crippen LogP contribution is 2.29. The number of aromatic nitrogens is 3. The lowest BCUT2D eigenvalue weighted by molar-refractivity contribution is 0.675. The van der Waals surface area contributed by atoms with Gasteiger partial charge in [-0.05, 0) is 42.3 Å². The third-order valence-electron chi connectivity index (χ3n) is 3.60. The number of hydrogen-bond acceptors (Lipinski definition) is 3. The standard InChI is InChI=1S/C18H20N4/c1-2-8-20-12-14-4-3-5-16(11-14)18-17(13-21-22-18)15-6-9-19-10-7-15/h3-7,9-11,13,20H,2,8,12H2,1H3,(H,21,22). The molecule has 3 aromatic rings. The van der Waals surface area contributed by atoms with Gasteiger partial charge in [0.2, 0.25) is 0 Å². The molecule has 2 aromatic heterocycles. The Kier molecular flexibility index (Phi) is 4.61. The molecule has 112 valence electrons. The topological polar surface area (TPSA) is 53.6 Å². The molecule has 0 spiro atoms. The van der Waals surface area contributed by atoms with Crippen LogP contribution in [0.2, 0.25) is 0 Å². The molecular weight excluding hydrogens is 272 g/mol. The molecule has 0 fully saturated rings. The van der Waals surface area contributed by atoms with E-state index >= 15 is 0 Å². The van der Waals surface area contributed by atoms with Gasteiger partial charge in [-0.15, -0.1) is 0 Å². The molecule has 3 rings (SSSR count). The fourth-order valence-electron chi connectivity index (χ4n) is 2.50. The van der Waals surface area contributed by atoms with Crippen molar-refractivity contribution in [2.75, 3.05) is 6.54 Å². The molecule has 0 saturated carbocycles. The third kappa shape index (κ3) is 3.23. The maximum Gasteiger partial charge on any atom is 0.0728 e. The molecule has 2 N–H and O–H groups in total. The van der Waals surface area contributed by atoms with Crippen LogP contribution in [0.1, 0.15) is 18.9 Å². The van der Waals surface area contributed by atoms with Crippen molar-refractivity contribution in [3.05, 3.63) is 60.6 Å². The van der Waals surface area contributed by atoms with Crippen molar-refractivity contribution in [2.45, 2.75) is 19.9 Å². The number of nitrogens with one attached hydrogen (secondary N) is 2. The lowest BCUT2D eigenvalue weighted by atomic mass is 10.0. The zero-order valence-electron chi connectivity index (χ0n) is 12.7. The summed E-state index contributed by atoms with van der Waals surface area (Å²) in [6.07, 6.45) is 6.62. The third-order valence-corrected chi connectivity index (χ3v) is 3.60. The largest absolute Gasteiger partial charge is 0.313 e. The molecule has 4 nitrogen and oxygen atoms in total. The van der Waals surface area contributed by atoms with Crippen molar-refractivity contribution in [3.8, 4) is 22.4 Å². The molecule has 0 aliphatic heterocycles. The molecule has 4 heteroatoms. The van der Waals surface area contributed by atoms with Crippen molar-refractivity contribution in [1.82, 2.24) is 20.5 Å². The minimum atomic E-state index is 0.889. The smallest absolute Gasteiger partial charge is 0.0728 e. The zero-order valence-corrected chi connectivity index (χ0v) is 12.7. The number of pyridine rings is 1. The minimum absolute atomic E-state index is 0.889. The van der Waals surface area contributed by atoms with Gasteiger partial charge in [-0.1, -0.05) is 25.1 Å². The van der Waals surface area contributed by atoms with Crippen LogP contribution >= 0.6 is 0 Å². The Morgan fingerprint density at radius 1 is 1.09 bits per heavy atom. The Morgan fingerprint density at radius 3 is 2.77 bits per heavy atom. The normalized spacial score (nSPS) is 10.8. The molecule has 0 atom stereocenters. The fourth-order valence-corrected chi connectivity index (χ4v) is 2.50. The Hall–Kier alpha value is -2.46. The van der Waals surface area contributed by atoms with Crippen molar-refractivity contribution in [2.24, 2.45) is 0 Å². The second kappa shape index (κ2) is 7.00. The summed E-state index contributed by atoms with van der Waals surface area (Å²) in [4.78, 5) is 4.07. The van der Waals surface area contributed by atoms with E-state index in [9.17, 15) is 0 Å². The van der Waals surface area contributed by atoms with Gasteiger partial charge in [0, 0.05) is 30.1 Å². The maximum absolute atomic E-state index is 4.22. The van der Waals surface area contributed by atoms with Crippen molar-refractivity contribution >= 4 is 0 Å². The molecular formula is C18H20N4. The first kappa shape index (κ1) is 14.5. The summed E-state index contributed by atoms with van der Waals surface area (Å²) in [5, 5.41) is 10.8.